The summed E-state index contributed by atoms with van der Waals surface area (Å²) in [5, 5.41) is 0. The molecule has 3 heteroatoms. The van der Waals surface area contributed by atoms with E-state index in [1.165, 1.54) is 32.1 Å². The van der Waals surface area contributed by atoms with Crippen LogP contribution in [0.1, 0.15) is 32.1 Å². The van der Waals surface area contributed by atoms with E-state index in [0.29, 0.717) is 18.4 Å². The quantitative estimate of drug-likeness (QED) is 0.410. The second kappa shape index (κ2) is 6.88. The van der Waals surface area contributed by atoms with Crippen molar-refractivity contribution in [1.82, 2.24) is 0 Å². The first kappa shape index (κ1) is 11.6. The van der Waals surface area contributed by atoms with Crippen LogP contribution in [0.4, 0.5) is 0 Å². The molecule has 1 rings (SSSR count). The van der Waals surface area contributed by atoms with Crippen molar-refractivity contribution in [3.63, 3.8) is 0 Å². The van der Waals surface area contributed by atoms with Crippen LogP contribution in [0.5, 0.6) is 0 Å². The molecule has 1 aliphatic carbocycles. The SMILES string of the molecule is O=C(/C=C\C1CCCCC1)OCCCl. The summed E-state index contributed by atoms with van der Waals surface area (Å²) in [5.74, 6) is 0.673. The highest BCUT2D eigenvalue weighted by Gasteiger charge is 2.10. The van der Waals surface area contributed by atoms with E-state index in [2.05, 4.69) is 0 Å². The van der Waals surface area contributed by atoms with Gasteiger partial charge in [-0.1, -0.05) is 25.3 Å². The lowest BCUT2D eigenvalue weighted by molar-refractivity contribution is -0.137. The molecule has 0 N–H and O–H groups in total. The number of halogens is 1. The van der Waals surface area contributed by atoms with E-state index in [4.69, 9.17) is 16.3 Å². The molecule has 0 aromatic carbocycles. The number of ether oxygens (including phenoxy) is 1. The summed E-state index contributed by atoms with van der Waals surface area (Å²) in [6.45, 7) is 0.301. The Hall–Kier alpha value is -0.500. The third-order valence-corrected chi connectivity index (χ3v) is 2.63. The van der Waals surface area contributed by atoms with Crippen LogP contribution in [0.3, 0.4) is 0 Å². The van der Waals surface area contributed by atoms with Gasteiger partial charge in [0, 0.05) is 6.08 Å². The minimum absolute atomic E-state index is 0.267. The zero-order valence-corrected chi connectivity index (χ0v) is 9.13. The van der Waals surface area contributed by atoms with Crippen LogP contribution in [0, 0.1) is 5.92 Å². The Morgan fingerprint density at radius 1 is 1.36 bits per heavy atom. The highest BCUT2D eigenvalue weighted by Crippen LogP contribution is 2.24. The number of carbonyl (C=O) groups excluding carboxylic acids is 1. The molecule has 1 fully saturated rings. The molecule has 1 aliphatic rings. The maximum Gasteiger partial charge on any atom is 0.330 e. The molecule has 1 saturated carbocycles. The first-order valence-electron chi connectivity index (χ1n) is 5.24. The van der Waals surface area contributed by atoms with E-state index >= 15 is 0 Å². The van der Waals surface area contributed by atoms with E-state index in [-0.39, 0.29) is 5.97 Å². The van der Waals surface area contributed by atoms with E-state index in [0.717, 1.165) is 0 Å². The van der Waals surface area contributed by atoms with Crippen molar-refractivity contribution in [2.45, 2.75) is 32.1 Å². The van der Waals surface area contributed by atoms with Gasteiger partial charge in [0.05, 0.1) is 5.88 Å². The molecule has 0 atom stereocenters. The predicted molar refractivity (Wildman–Crippen MR) is 57.4 cm³/mol. The van der Waals surface area contributed by atoms with E-state index in [1.54, 1.807) is 6.08 Å². The number of hydrogen-bond donors (Lipinski definition) is 0. The molecule has 0 aliphatic heterocycles. The molecule has 0 aromatic heterocycles. The number of carbonyl (C=O) groups is 1. The van der Waals surface area contributed by atoms with Crippen molar-refractivity contribution in [2.75, 3.05) is 12.5 Å². The Labute approximate surface area is 90.3 Å². The van der Waals surface area contributed by atoms with Crippen molar-refractivity contribution in [1.29, 1.82) is 0 Å². The summed E-state index contributed by atoms with van der Waals surface area (Å²) >= 11 is 5.39. The number of allylic oxidation sites excluding steroid dienone is 1. The van der Waals surface area contributed by atoms with Crippen molar-refractivity contribution in [3.8, 4) is 0 Å². The normalized spacial score (nSPS) is 18.6. The maximum atomic E-state index is 11.1. The Morgan fingerprint density at radius 3 is 2.71 bits per heavy atom. The second-order valence-corrected chi connectivity index (χ2v) is 3.99. The molecule has 80 valence electrons. The summed E-state index contributed by atoms with van der Waals surface area (Å²) in [7, 11) is 0. The molecule has 14 heavy (non-hydrogen) atoms. The van der Waals surface area contributed by atoms with Crippen molar-refractivity contribution >= 4 is 17.6 Å². The summed E-state index contributed by atoms with van der Waals surface area (Å²) in [6.07, 6.45) is 9.84. The number of hydrogen-bond acceptors (Lipinski definition) is 2. The van der Waals surface area contributed by atoms with Gasteiger partial charge in [-0.05, 0) is 18.8 Å². The molecule has 2 nitrogen and oxygen atoms in total. The van der Waals surface area contributed by atoms with Crippen LogP contribution in [-0.2, 0) is 9.53 Å². The van der Waals surface area contributed by atoms with Crippen LogP contribution in [0.25, 0.3) is 0 Å². The zero-order valence-electron chi connectivity index (χ0n) is 8.38. The molecular formula is C11H17ClO2. The van der Waals surface area contributed by atoms with E-state index < -0.39 is 0 Å². The molecule has 0 aromatic rings. The highest BCUT2D eigenvalue weighted by atomic mass is 35.5. The van der Waals surface area contributed by atoms with Gasteiger partial charge < -0.3 is 4.74 Å². The Kier molecular flexibility index (Phi) is 5.69. The molecule has 0 amide bonds. The average molecular weight is 217 g/mol. The maximum absolute atomic E-state index is 11.1. The Bertz CT molecular complexity index is 195. The van der Waals surface area contributed by atoms with Gasteiger partial charge in [0.2, 0.25) is 0 Å². The fraction of sp³-hybridized carbons (Fsp3) is 0.727. The largest absolute Gasteiger partial charge is 0.461 e. The third kappa shape index (κ3) is 4.66. The fourth-order valence-electron chi connectivity index (χ4n) is 1.73. The first-order valence-corrected chi connectivity index (χ1v) is 5.77. The number of alkyl halides is 1. The van der Waals surface area contributed by atoms with Gasteiger partial charge in [0.1, 0.15) is 6.61 Å². The molecule has 0 heterocycles. The van der Waals surface area contributed by atoms with Gasteiger partial charge in [-0.2, -0.15) is 0 Å². The Morgan fingerprint density at radius 2 is 2.07 bits per heavy atom. The minimum Gasteiger partial charge on any atom is -0.461 e. The van der Waals surface area contributed by atoms with Gasteiger partial charge in [-0.15, -0.1) is 11.6 Å². The summed E-state index contributed by atoms with van der Waals surface area (Å²) < 4.78 is 4.82. The van der Waals surface area contributed by atoms with Crippen LogP contribution >= 0.6 is 11.6 Å². The lowest BCUT2D eigenvalue weighted by Gasteiger charge is -2.17. The molecular weight excluding hydrogens is 200 g/mol. The average Bonchev–Trinajstić information content (AvgIpc) is 2.25. The highest BCUT2D eigenvalue weighted by molar-refractivity contribution is 6.18. The van der Waals surface area contributed by atoms with Gasteiger partial charge in [-0.3, -0.25) is 0 Å². The van der Waals surface area contributed by atoms with Crippen LogP contribution in [-0.4, -0.2) is 18.5 Å². The molecule has 0 radical (unpaired) electrons. The van der Waals surface area contributed by atoms with Gasteiger partial charge in [0.25, 0.3) is 0 Å². The summed E-state index contributed by atoms with van der Waals surface area (Å²) in [4.78, 5) is 11.1. The van der Waals surface area contributed by atoms with Crippen molar-refractivity contribution in [3.05, 3.63) is 12.2 Å². The fourth-order valence-corrected chi connectivity index (χ4v) is 1.81. The number of esters is 1. The van der Waals surface area contributed by atoms with Crippen LogP contribution in [0.2, 0.25) is 0 Å². The topological polar surface area (TPSA) is 26.3 Å². The lowest BCUT2D eigenvalue weighted by atomic mass is 9.89. The standard InChI is InChI=1S/C11H17ClO2/c12-8-9-14-11(13)7-6-10-4-2-1-3-5-10/h6-7,10H,1-5,8-9H2/b7-6-. The van der Waals surface area contributed by atoms with Crippen LogP contribution < -0.4 is 0 Å². The molecule has 0 spiro atoms. The first-order chi connectivity index (χ1) is 6.83. The van der Waals surface area contributed by atoms with E-state index in [9.17, 15) is 4.79 Å². The van der Waals surface area contributed by atoms with Crippen LogP contribution in [0.15, 0.2) is 12.2 Å². The zero-order chi connectivity index (χ0) is 10.2. The smallest absolute Gasteiger partial charge is 0.330 e. The predicted octanol–water partition coefficient (Wildman–Crippen LogP) is 2.90. The van der Waals surface area contributed by atoms with Crippen molar-refractivity contribution < 1.29 is 9.53 Å². The Balaban J connectivity index is 2.20. The second-order valence-electron chi connectivity index (χ2n) is 3.61. The monoisotopic (exact) mass is 216 g/mol. The van der Waals surface area contributed by atoms with E-state index in [1.807, 2.05) is 6.08 Å². The van der Waals surface area contributed by atoms with Gasteiger partial charge in [-0.25, -0.2) is 4.79 Å². The summed E-state index contributed by atoms with van der Waals surface area (Å²) in [6, 6.07) is 0. The minimum atomic E-state index is -0.267. The summed E-state index contributed by atoms with van der Waals surface area (Å²) in [5.41, 5.74) is 0. The van der Waals surface area contributed by atoms with Crippen molar-refractivity contribution in [2.24, 2.45) is 5.92 Å². The number of rotatable bonds is 4. The lowest BCUT2D eigenvalue weighted by Crippen LogP contribution is -2.06. The van der Waals surface area contributed by atoms with Gasteiger partial charge >= 0.3 is 5.97 Å². The van der Waals surface area contributed by atoms with Gasteiger partial charge in [0.15, 0.2) is 0 Å². The molecule has 0 saturated heterocycles. The third-order valence-electron chi connectivity index (χ3n) is 2.48. The molecule has 0 unspecified atom stereocenters. The molecule has 0 bridgehead atoms.